The Kier molecular flexibility index (Phi) is 4.34. The number of amides is 1. The molecule has 23 heavy (non-hydrogen) atoms. The standard InChI is InChI=1S/C16H17ClN4O2/c1-3-20-15(22)13-8-18-10-19-14(13)21(16(20)17)9-11-4-6-12(23-2)7-5-11/h4-8,10,16H,3,9H2,1-2H3. The fourth-order valence-corrected chi connectivity index (χ4v) is 2.98. The van der Waals surface area contributed by atoms with Gasteiger partial charge in [0.1, 0.15) is 23.5 Å². The number of hydrogen-bond acceptors (Lipinski definition) is 5. The lowest BCUT2D eigenvalue weighted by molar-refractivity contribution is 0.0721. The molecule has 1 aliphatic rings. The predicted octanol–water partition coefficient (Wildman–Crippen LogP) is 2.49. The summed E-state index contributed by atoms with van der Waals surface area (Å²) in [4.78, 5) is 24.2. The van der Waals surface area contributed by atoms with Gasteiger partial charge in [-0.1, -0.05) is 23.7 Å². The van der Waals surface area contributed by atoms with Crippen molar-refractivity contribution in [2.75, 3.05) is 18.6 Å². The van der Waals surface area contributed by atoms with E-state index < -0.39 is 5.62 Å². The number of benzene rings is 1. The van der Waals surface area contributed by atoms with Crippen LogP contribution in [0, 0.1) is 0 Å². The molecule has 0 saturated heterocycles. The Balaban J connectivity index is 1.95. The second-order valence-electron chi connectivity index (χ2n) is 5.14. The molecule has 1 aromatic heterocycles. The minimum absolute atomic E-state index is 0.144. The number of halogens is 1. The van der Waals surface area contributed by atoms with E-state index in [4.69, 9.17) is 16.3 Å². The van der Waals surface area contributed by atoms with Crippen LogP contribution in [0.3, 0.4) is 0 Å². The highest BCUT2D eigenvalue weighted by molar-refractivity contribution is 6.24. The van der Waals surface area contributed by atoms with Gasteiger partial charge in [-0.15, -0.1) is 0 Å². The maximum Gasteiger partial charge on any atom is 0.261 e. The van der Waals surface area contributed by atoms with Crippen LogP contribution in [0.4, 0.5) is 5.82 Å². The first kappa shape index (κ1) is 15.6. The molecule has 3 rings (SSSR count). The topological polar surface area (TPSA) is 58.6 Å². The maximum absolute atomic E-state index is 12.5. The quantitative estimate of drug-likeness (QED) is 0.636. The number of anilines is 1. The minimum atomic E-state index is -0.586. The lowest BCUT2D eigenvalue weighted by atomic mass is 10.1. The Hall–Kier alpha value is -2.34. The van der Waals surface area contributed by atoms with Gasteiger partial charge in [-0.2, -0.15) is 0 Å². The van der Waals surface area contributed by atoms with Crippen molar-refractivity contribution in [1.82, 2.24) is 14.9 Å². The first-order valence-corrected chi connectivity index (χ1v) is 7.74. The van der Waals surface area contributed by atoms with Crippen LogP contribution in [-0.4, -0.2) is 40.1 Å². The van der Waals surface area contributed by atoms with Gasteiger partial charge in [0.05, 0.1) is 7.11 Å². The lowest BCUT2D eigenvalue weighted by Gasteiger charge is -2.40. The zero-order valence-corrected chi connectivity index (χ0v) is 13.7. The number of aromatic nitrogens is 2. The molecular formula is C16H17ClN4O2. The van der Waals surface area contributed by atoms with Gasteiger partial charge in [-0.25, -0.2) is 9.97 Å². The molecule has 0 radical (unpaired) electrons. The molecule has 0 aliphatic carbocycles. The van der Waals surface area contributed by atoms with Crippen LogP contribution in [0.1, 0.15) is 22.8 Å². The van der Waals surface area contributed by atoms with E-state index in [-0.39, 0.29) is 5.91 Å². The zero-order chi connectivity index (χ0) is 16.4. The van der Waals surface area contributed by atoms with Gasteiger partial charge in [0.25, 0.3) is 5.91 Å². The summed E-state index contributed by atoms with van der Waals surface area (Å²) in [6.07, 6.45) is 2.97. The zero-order valence-electron chi connectivity index (χ0n) is 12.9. The predicted molar refractivity (Wildman–Crippen MR) is 87.6 cm³/mol. The van der Waals surface area contributed by atoms with Gasteiger partial charge >= 0.3 is 0 Å². The second-order valence-corrected chi connectivity index (χ2v) is 5.53. The van der Waals surface area contributed by atoms with Gasteiger partial charge in [-0.05, 0) is 24.6 Å². The third kappa shape index (κ3) is 2.82. The molecule has 0 fully saturated rings. The Labute approximate surface area is 139 Å². The molecule has 0 bridgehead atoms. The summed E-state index contributed by atoms with van der Waals surface area (Å²) in [5, 5.41) is 0. The van der Waals surface area contributed by atoms with E-state index >= 15 is 0 Å². The molecule has 1 amide bonds. The molecule has 1 aromatic carbocycles. The fourth-order valence-electron chi connectivity index (χ4n) is 2.60. The maximum atomic E-state index is 12.5. The number of carbonyl (C=O) groups excluding carboxylic acids is 1. The highest BCUT2D eigenvalue weighted by Crippen LogP contribution is 2.31. The van der Waals surface area contributed by atoms with E-state index in [2.05, 4.69) is 9.97 Å². The number of methoxy groups -OCH3 is 1. The molecule has 0 N–H and O–H groups in total. The molecule has 2 heterocycles. The van der Waals surface area contributed by atoms with Crippen molar-refractivity contribution < 1.29 is 9.53 Å². The summed E-state index contributed by atoms with van der Waals surface area (Å²) in [6, 6.07) is 7.73. The molecule has 2 aromatic rings. The molecular weight excluding hydrogens is 316 g/mol. The number of ether oxygens (including phenoxy) is 1. The van der Waals surface area contributed by atoms with E-state index in [1.54, 1.807) is 12.0 Å². The van der Waals surface area contributed by atoms with Gasteiger partial charge in [0.15, 0.2) is 5.62 Å². The first-order valence-electron chi connectivity index (χ1n) is 7.30. The van der Waals surface area contributed by atoms with Crippen LogP contribution in [0.25, 0.3) is 0 Å². The van der Waals surface area contributed by atoms with E-state index in [1.807, 2.05) is 36.1 Å². The second kappa shape index (κ2) is 6.42. The largest absolute Gasteiger partial charge is 0.497 e. The SMILES string of the molecule is CCN1C(=O)c2cncnc2N(Cc2ccc(OC)cc2)C1Cl. The number of alkyl halides is 1. The molecule has 1 atom stereocenters. The summed E-state index contributed by atoms with van der Waals surface area (Å²) in [5.74, 6) is 1.21. The summed E-state index contributed by atoms with van der Waals surface area (Å²) in [5.41, 5.74) is 0.933. The monoisotopic (exact) mass is 332 g/mol. The third-order valence-corrected chi connectivity index (χ3v) is 4.29. The van der Waals surface area contributed by atoms with Crippen LogP contribution in [0.15, 0.2) is 36.8 Å². The Bertz CT molecular complexity index is 707. The first-order chi connectivity index (χ1) is 11.2. The molecule has 1 aliphatic heterocycles. The highest BCUT2D eigenvalue weighted by atomic mass is 35.5. The van der Waals surface area contributed by atoms with Crippen LogP contribution >= 0.6 is 11.6 Å². The fraction of sp³-hybridized carbons (Fsp3) is 0.312. The molecule has 6 nitrogen and oxygen atoms in total. The number of fused-ring (bicyclic) bond motifs is 1. The van der Waals surface area contributed by atoms with Crippen molar-refractivity contribution in [2.45, 2.75) is 19.1 Å². The van der Waals surface area contributed by atoms with E-state index in [0.717, 1.165) is 11.3 Å². The van der Waals surface area contributed by atoms with Crippen LogP contribution < -0.4 is 9.64 Å². The van der Waals surface area contributed by atoms with Gasteiger partial charge in [0, 0.05) is 19.3 Å². The normalized spacial score (nSPS) is 17.2. The van der Waals surface area contributed by atoms with Crippen molar-refractivity contribution in [2.24, 2.45) is 0 Å². The summed E-state index contributed by atoms with van der Waals surface area (Å²) in [7, 11) is 1.63. The van der Waals surface area contributed by atoms with Crippen molar-refractivity contribution in [3.05, 3.63) is 47.9 Å². The minimum Gasteiger partial charge on any atom is -0.497 e. The summed E-state index contributed by atoms with van der Waals surface area (Å²) in [6.45, 7) is 2.94. The molecule has 0 saturated carbocycles. The van der Waals surface area contributed by atoms with Gasteiger partial charge < -0.3 is 14.5 Å². The number of hydrogen-bond donors (Lipinski definition) is 0. The molecule has 7 heteroatoms. The van der Waals surface area contributed by atoms with Crippen LogP contribution in [0.2, 0.25) is 0 Å². The van der Waals surface area contributed by atoms with Crippen LogP contribution in [-0.2, 0) is 6.54 Å². The number of nitrogens with zero attached hydrogens (tertiary/aromatic N) is 4. The highest BCUT2D eigenvalue weighted by Gasteiger charge is 2.36. The average Bonchev–Trinajstić information content (AvgIpc) is 2.59. The molecule has 1 unspecified atom stereocenters. The number of rotatable bonds is 4. The van der Waals surface area contributed by atoms with E-state index in [9.17, 15) is 4.79 Å². The van der Waals surface area contributed by atoms with Crippen LogP contribution in [0.5, 0.6) is 5.75 Å². The Morgan fingerprint density at radius 3 is 2.65 bits per heavy atom. The Morgan fingerprint density at radius 2 is 2.00 bits per heavy atom. The lowest BCUT2D eigenvalue weighted by Crippen LogP contribution is -2.52. The van der Waals surface area contributed by atoms with E-state index in [0.29, 0.717) is 24.5 Å². The number of carbonyl (C=O) groups is 1. The Morgan fingerprint density at radius 1 is 1.26 bits per heavy atom. The molecule has 120 valence electrons. The summed E-state index contributed by atoms with van der Waals surface area (Å²) < 4.78 is 5.17. The molecule has 0 spiro atoms. The van der Waals surface area contributed by atoms with Crippen molar-refractivity contribution in [3.8, 4) is 5.75 Å². The average molecular weight is 333 g/mol. The van der Waals surface area contributed by atoms with Gasteiger partial charge in [-0.3, -0.25) is 4.79 Å². The summed E-state index contributed by atoms with van der Waals surface area (Å²) >= 11 is 6.53. The smallest absolute Gasteiger partial charge is 0.261 e. The van der Waals surface area contributed by atoms with Gasteiger partial charge in [0.2, 0.25) is 0 Å². The third-order valence-electron chi connectivity index (χ3n) is 3.82. The van der Waals surface area contributed by atoms with Crippen molar-refractivity contribution in [1.29, 1.82) is 0 Å². The van der Waals surface area contributed by atoms with Crippen molar-refractivity contribution in [3.63, 3.8) is 0 Å². The van der Waals surface area contributed by atoms with E-state index in [1.165, 1.54) is 12.5 Å². The van der Waals surface area contributed by atoms with Crippen molar-refractivity contribution >= 4 is 23.3 Å².